The highest BCUT2D eigenvalue weighted by Gasteiger charge is 2.34. The fourth-order valence-electron chi connectivity index (χ4n) is 4.56. The maximum absolute atomic E-state index is 13.7. The third-order valence-corrected chi connectivity index (χ3v) is 6.91. The van der Waals surface area contributed by atoms with Gasteiger partial charge in [-0.3, -0.25) is 9.69 Å². The van der Waals surface area contributed by atoms with Crippen molar-refractivity contribution in [3.05, 3.63) is 64.7 Å². The summed E-state index contributed by atoms with van der Waals surface area (Å²) in [5, 5.41) is 9.84. The minimum absolute atomic E-state index is 0.0446. The van der Waals surface area contributed by atoms with Gasteiger partial charge in [-0.25, -0.2) is 9.80 Å². The van der Waals surface area contributed by atoms with Crippen molar-refractivity contribution in [1.29, 1.82) is 0 Å². The molecule has 0 aromatic heterocycles. The van der Waals surface area contributed by atoms with Crippen LogP contribution in [0.2, 0.25) is 5.02 Å². The van der Waals surface area contributed by atoms with Gasteiger partial charge in [-0.1, -0.05) is 23.7 Å². The van der Waals surface area contributed by atoms with Crippen LogP contribution in [-0.2, 0) is 9.53 Å². The van der Waals surface area contributed by atoms with E-state index in [2.05, 4.69) is 10.2 Å². The molecule has 2 heterocycles. The van der Waals surface area contributed by atoms with E-state index in [4.69, 9.17) is 26.2 Å². The minimum Gasteiger partial charge on any atom is -0.497 e. The summed E-state index contributed by atoms with van der Waals surface area (Å²) in [4.78, 5) is 30.6. The summed E-state index contributed by atoms with van der Waals surface area (Å²) < 4.78 is 10.7. The van der Waals surface area contributed by atoms with Crippen molar-refractivity contribution < 1.29 is 19.1 Å². The van der Waals surface area contributed by atoms with Gasteiger partial charge in [-0.2, -0.15) is 5.10 Å². The predicted octanol–water partition coefficient (Wildman–Crippen LogP) is 3.78. The van der Waals surface area contributed by atoms with E-state index < -0.39 is 0 Å². The Kier molecular flexibility index (Phi) is 9.60. The highest BCUT2D eigenvalue weighted by Crippen LogP contribution is 2.34. The van der Waals surface area contributed by atoms with Crippen molar-refractivity contribution in [2.45, 2.75) is 32.4 Å². The summed E-state index contributed by atoms with van der Waals surface area (Å²) in [5.41, 5.74) is 2.65. The summed E-state index contributed by atoms with van der Waals surface area (Å²) in [6, 6.07) is 14.5. The van der Waals surface area contributed by atoms with E-state index in [9.17, 15) is 9.59 Å². The van der Waals surface area contributed by atoms with E-state index in [-0.39, 0.29) is 30.6 Å². The Labute approximate surface area is 229 Å². The standard InChI is InChI=1S/C28H36ClN5O4/c1-20(2)30-28(36)33(13-12-32-14-16-38-17-15-32)19-27(35)34-26(22-4-8-23(29)9-5-22)18-25(31-34)21-6-10-24(37-3)11-7-21/h4-11,20,26H,12-19H2,1-3H3,(H,30,36)/t26-/m1/s1. The topological polar surface area (TPSA) is 86.7 Å². The number of urea groups is 1. The van der Waals surface area contributed by atoms with Crippen LogP contribution in [-0.4, -0.2) is 91.5 Å². The number of methoxy groups -OCH3 is 1. The summed E-state index contributed by atoms with van der Waals surface area (Å²) in [5.74, 6) is 0.510. The Morgan fingerprint density at radius 2 is 1.82 bits per heavy atom. The SMILES string of the molecule is COc1ccc(C2=NN(C(=O)CN(CCN3CCOCC3)C(=O)NC(C)C)[C@@H](c3ccc(Cl)cc3)C2)cc1. The molecule has 0 radical (unpaired) electrons. The van der Waals surface area contributed by atoms with Gasteiger partial charge in [0.25, 0.3) is 5.91 Å². The number of carbonyl (C=O) groups is 2. The molecule has 4 rings (SSSR count). The zero-order chi connectivity index (χ0) is 27.1. The number of morpholine rings is 1. The molecular formula is C28H36ClN5O4. The second-order valence-electron chi connectivity index (χ2n) is 9.76. The maximum atomic E-state index is 13.7. The van der Waals surface area contributed by atoms with E-state index in [1.54, 1.807) is 12.0 Å². The molecule has 2 aromatic carbocycles. The Morgan fingerprint density at radius 3 is 2.45 bits per heavy atom. The van der Waals surface area contributed by atoms with Crippen LogP contribution in [0.4, 0.5) is 4.79 Å². The molecule has 2 aliphatic heterocycles. The van der Waals surface area contributed by atoms with E-state index in [1.165, 1.54) is 5.01 Å². The molecule has 0 unspecified atom stereocenters. The zero-order valence-corrected chi connectivity index (χ0v) is 23.0. The first-order valence-electron chi connectivity index (χ1n) is 13.0. The summed E-state index contributed by atoms with van der Waals surface area (Å²) >= 11 is 6.13. The third-order valence-electron chi connectivity index (χ3n) is 6.66. The number of rotatable bonds is 9. The van der Waals surface area contributed by atoms with Crippen LogP contribution < -0.4 is 10.1 Å². The van der Waals surface area contributed by atoms with E-state index in [1.807, 2.05) is 62.4 Å². The van der Waals surface area contributed by atoms with Crippen molar-refractivity contribution in [1.82, 2.24) is 20.1 Å². The molecule has 0 saturated carbocycles. The van der Waals surface area contributed by atoms with Gasteiger partial charge in [0.15, 0.2) is 0 Å². The Balaban J connectivity index is 1.55. The number of ether oxygens (including phenoxy) is 2. The Hall–Kier alpha value is -3.14. The van der Waals surface area contributed by atoms with E-state index >= 15 is 0 Å². The lowest BCUT2D eigenvalue weighted by Crippen LogP contribution is -2.50. The summed E-state index contributed by atoms with van der Waals surface area (Å²) in [7, 11) is 1.62. The van der Waals surface area contributed by atoms with E-state index in [0.29, 0.717) is 37.7 Å². The van der Waals surface area contributed by atoms with Crippen LogP contribution in [0.5, 0.6) is 5.75 Å². The Bertz CT molecular complexity index is 1120. The number of nitrogens with one attached hydrogen (secondary N) is 1. The van der Waals surface area contributed by atoms with Gasteiger partial charge in [-0.05, 0) is 61.4 Å². The second kappa shape index (κ2) is 13.1. The van der Waals surface area contributed by atoms with Crippen molar-refractivity contribution in [2.75, 3.05) is 53.0 Å². The fourth-order valence-corrected chi connectivity index (χ4v) is 4.68. The first kappa shape index (κ1) is 27.9. The largest absolute Gasteiger partial charge is 0.497 e. The molecule has 1 fully saturated rings. The Morgan fingerprint density at radius 1 is 1.13 bits per heavy atom. The van der Waals surface area contributed by atoms with Crippen LogP contribution in [0.3, 0.4) is 0 Å². The lowest BCUT2D eigenvalue weighted by Gasteiger charge is -2.31. The molecule has 9 nitrogen and oxygen atoms in total. The highest BCUT2D eigenvalue weighted by molar-refractivity contribution is 6.30. The average Bonchev–Trinajstić information content (AvgIpc) is 3.37. The number of carbonyl (C=O) groups excluding carboxylic acids is 2. The molecule has 10 heteroatoms. The molecular weight excluding hydrogens is 506 g/mol. The smallest absolute Gasteiger partial charge is 0.318 e. The molecule has 0 aliphatic carbocycles. The van der Waals surface area contributed by atoms with Crippen LogP contribution in [0, 0.1) is 0 Å². The molecule has 1 atom stereocenters. The number of hydrogen-bond acceptors (Lipinski definition) is 6. The van der Waals surface area contributed by atoms with Crippen molar-refractivity contribution in [3.63, 3.8) is 0 Å². The molecule has 3 amide bonds. The molecule has 38 heavy (non-hydrogen) atoms. The number of nitrogens with zero attached hydrogens (tertiary/aromatic N) is 4. The number of hydrazone groups is 1. The van der Waals surface area contributed by atoms with E-state index in [0.717, 1.165) is 35.7 Å². The van der Waals surface area contributed by atoms with Gasteiger partial charge >= 0.3 is 6.03 Å². The fraction of sp³-hybridized carbons (Fsp3) is 0.464. The monoisotopic (exact) mass is 541 g/mol. The molecule has 2 aliphatic rings. The summed E-state index contributed by atoms with van der Waals surface area (Å²) in [6.07, 6.45) is 0.547. The molecule has 204 valence electrons. The quantitative estimate of drug-likeness (QED) is 0.522. The molecule has 1 N–H and O–H groups in total. The average molecular weight is 542 g/mol. The van der Waals surface area contributed by atoms with Crippen LogP contribution >= 0.6 is 11.6 Å². The first-order chi connectivity index (χ1) is 18.3. The molecule has 1 saturated heterocycles. The number of amides is 3. The normalized spacial score (nSPS) is 17.9. The van der Waals surface area contributed by atoms with Gasteiger partial charge in [-0.15, -0.1) is 0 Å². The van der Waals surface area contributed by atoms with Crippen LogP contribution in [0.15, 0.2) is 53.6 Å². The van der Waals surface area contributed by atoms with Gasteiger partial charge in [0.05, 0.1) is 32.1 Å². The van der Waals surface area contributed by atoms with Gasteiger partial charge in [0, 0.05) is 43.7 Å². The number of benzene rings is 2. The maximum Gasteiger partial charge on any atom is 0.318 e. The molecule has 0 spiro atoms. The lowest BCUT2D eigenvalue weighted by atomic mass is 9.98. The molecule has 0 bridgehead atoms. The molecule has 2 aromatic rings. The minimum atomic E-state index is -0.300. The predicted molar refractivity (Wildman–Crippen MR) is 148 cm³/mol. The van der Waals surface area contributed by atoms with Gasteiger partial charge < -0.3 is 19.7 Å². The number of halogens is 1. The summed E-state index contributed by atoms with van der Waals surface area (Å²) in [6.45, 7) is 7.81. The second-order valence-corrected chi connectivity index (χ2v) is 10.2. The zero-order valence-electron chi connectivity index (χ0n) is 22.2. The highest BCUT2D eigenvalue weighted by atomic mass is 35.5. The lowest BCUT2D eigenvalue weighted by molar-refractivity contribution is -0.133. The van der Waals surface area contributed by atoms with Crippen molar-refractivity contribution in [3.8, 4) is 5.75 Å². The van der Waals surface area contributed by atoms with Crippen LogP contribution in [0.1, 0.15) is 37.4 Å². The van der Waals surface area contributed by atoms with Crippen molar-refractivity contribution in [2.24, 2.45) is 5.10 Å². The van der Waals surface area contributed by atoms with Gasteiger partial charge in [0.2, 0.25) is 0 Å². The first-order valence-corrected chi connectivity index (χ1v) is 13.4. The van der Waals surface area contributed by atoms with Crippen molar-refractivity contribution >= 4 is 29.3 Å². The van der Waals surface area contributed by atoms with Gasteiger partial charge in [0.1, 0.15) is 12.3 Å². The number of hydrogen-bond donors (Lipinski definition) is 1. The van der Waals surface area contributed by atoms with Crippen LogP contribution in [0.25, 0.3) is 0 Å². The third kappa shape index (κ3) is 7.24.